The molecule has 0 aliphatic rings. The summed E-state index contributed by atoms with van der Waals surface area (Å²) in [7, 11) is 0. The molecule has 0 spiro atoms. The fourth-order valence-corrected chi connectivity index (χ4v) is 9.01. The largest absolute Gasteiger partial charge is 0.192 e. The number of rotatable bonds is 4. The lowest BCUT2D eigenvalue weighted by atomic mass is 9.87. The maximum Gasteiger partial charge on any atom is 0.0998 e. The Labute approximate surface area is 285 Å². The maximum absolute atomic E-state index is 10.4. The van der Waals surface area contributed by atoms with E-state index >= 15 is 0 Å². The Bertz CT molecular complexity index is 2810. The minimum absolute atomic E-state index is 0.641. The maximum atomic E-state index is 10.4. The van der Waals surface area contributed by atoms with E-state index in [-0.39, 0.29) is 0 Å². The molecule has 2 nitrogen and oxygen atoms in total. The summed E-state index contributed by atoms with van der Waals surface area (Å²) in [6.07, 6.45) is 0. The van der Waals surface area contributed by atoms with E-state index in [4.69, 9.17) is 0 Å². The lowest BCUT2D eigenvalue weighted by Gasteiger charge is -2.16. The van der Waals surface area contributed by atoms with Crippen LogP contribution in [0.5, 0.6) is 0 Å². The van der Waals surface area contributed by atoms with Crippen molar-refractivity contribution in [3.63, 3.8) is 0 Å². The van der Waals surface area contributed by atoms with Gasteiger partial charge in [-0.1, -0.05) is 72.8 Å². The highest BCUT2D eigenvalue weighted by Crippen LogP contribution is 2.43. The molecule has 0 aliphatic carbocycles. The van der Waals surface area contributed by atoms with Crippen LogP contribution < -0.4 is 0 Å². The molecule has 9 rings (SSSR count). The van der Waals surface area contributed by atoms with Gasteiger partial charge in [0, 0.05) is 45.9 Å². The molecule has 0 amide bonds. The second-order valence-corrected chi connectivity index (χ2v) is 14.1. The van der Waals surface area contributed by atoms with Gasteiger partial charge in [0.05, 0.1) is 23.3 Å². The van der Waals surface area contributed by atoms with Crippen LogP contribution in [0.2, 0.25) is 0 Å². The van der Waals surface area contributed by atoms with Crippen molar-refractivity contribution in [2.75, 3.05) is 0 Å². The van der Waals surface area contributed by atoms with Crippen LogP contribution >= 0.6 is 22.7 Å². The molecule has 0 aliphatic heterocycles. The van der Waals surface area contributed by atoms with Gasteiger partial charge in [-0.2, -0.15) is 10.5 Å². The highest BCUT2D eigenvalue weighted by Gasteiger charge is 2.17. The van der Waals surface area contributed by atoms with E-state index < -0.39 is 0 Å². The number of nitriles is 2. The summed E-state index contributed by atoms with van der Waals surface area (Å²) in [5.41, 5.74) is 9.71. The first kappa shape index (κ1) is 28.2. The van der Waals surface area contributed by atoms with Gasteiger partial charge in [-0.25, -0.2) is 0 Å². The molecular weight excluding hydrogens is 621 g/mol. The standard InChI is InChI=1S/C44H24N2S2/c45-25-27-13-16-41-37(19-27)39-24-30(15-18-43(39)48-41)33-20-32(29-14-17-42-38(23-29)36-10-4-5-12-40(36)47-42)21-34(22-33)44-31(26-46)9-6-11-35(44)28-7-2-1-3-8-28/h1-24H. The average Bonchev–Trinajstić information content (AvgIpc) is 3.71. The van der Waals surface area contributed by atoms with Crippen molar-refractivity contribution in [3.05, 3.63) is 157 Å². The van der Waals surface area contributed by atoms with Gasteiger partial charge < -0.3 is 0 Å². The van der Waals surface area contributed by atoms with Crippen molar-refractivity contribution in [3.8, 4) is 56.6 Å². The molecular formula is C44H24N2S2. The molecule has 7 aromatic carbocycles. The fraction of sp³-hybridized carbons (Fsp3) is 0. The number of benzene rings is 7. The molecule has 0 saturated heterocycles. The molecule has 0 atom stereocenters. The number of hydrogen-bond acceptors (Lipinski definition) is 4. The SMILES string of the molecule is N#Cc1ccc2sc3ccc(-c4cc(-c5ccc6sc7ccccc7c6c5)cc(-c5c(C#N)cccc5-c5ccccc5)c4)cc3c2c1. The lowest BCUT2D eigenvalue weighted by Crippen LogP contribution is -1.92. The van der Waals surface area contributed by atoms with E-state index in [0.29, 0.717) is 11.1 Å². The summed E-state index contributed by atoms with van der Waals surface area (Å²) >= 11 is 3.57. The number of thiophene rings is 2. The van der Waals surface area contributed by atoms with Crippen molar-refractivity contribution in [2.24, 2.45) is 0 Å². The minimum Gasteiger partial charge on any atom is -0.192 e. The molecule has 0 fully saturated rings. The fourth-order valence-electron chi connectivity index (χ4n) is 6.85. The van der Waals surface area contributed by atoms with Crippen molar-refractivity contribution in [1.82, 2.24) is 0 Å². The first-order valence-electron chi connectivity index (χ1n) is 15.7. The Balaban J connectivity index is 1.31. The molecule has 0 bridgehead atoms. The molecule has 9 aromatic rings. The summed E-state index contributed by atoms with van der Waals surface area (Å²) in [6.45, 7) is 0. The third kappa shape index (κ3) is 4.67. The van der Waals surface area contributed by atoms with Crippen molar-refractivity contribution in [1.29, 1.82) is 10.5 Å². The number of fused-ring (bicyclic) bond motifs is 6. The van der Waals surface area contributed by atoms with Crippen LogP contribution in [0.4, 0.5) is 0 Å². The average molecular weight is 645 g/mol. The highest BCUT2D eigenvalue weighted by molar-refractivity contribution is 7.26. The topological polar surface area (TPSA) is 47.6 Å². The summed E-state index contributed by atoms with van der Waals surface area (Å²) in [6, 6.07) is 55.7. The Morgan fingerprint density at radius 1 is 0.375 bits per heavy atom. The molecule has 4 heteroatoms. The third-order valence-corrected chi connectivity index (χ3v) is 11.4. The number of hydrogen-bond donors (Lipinski definition) is 0. The Hall–Kier alpha value is -6.04. The van der Waals surface area contributed by atoms with E-state index in [0.717, 1.165) is 55.3 Å². The second kappa shape index (κ2) is 11.3. The van der Waals surface area contributed by atoms with Gasteiger partial charge in [0.25, 0.3) is 0 Å². The summed E-state index contributed by atoms with van der Waals surface area (Å²) in [5, 5.41) is 24.8. The molecule has 48 heavy (non-hydrogen) atoms. The Morgan fingerprint density at radius 2 is 0.958 bits per heavy atom. The van der Waals surface area contributed by atoms with Gasteiger partial charge in [0.2, 0.25) is 0 Å². The Morgan fingerprint density at radius 3 is 1.65 bits per heavy atom. The van der Waals surface area contributed by atoms with E-state index in [9.17, 15) is 10.5 Å². The van der Waals surface area contributed by atoms with Crippen molar-refractivity contribution in [2.45, 2.75) is 0 Å². The van der Waals surface area contributed by atoms with E-state index in [2.05, 4.69) is 109 Å². The van der Waals surface area contributed by atoms with Crippen LogP contribution in [0.1, 0.15) is 11.1 Å². The van der Waals surface area contributed by atoms with Crippen LogP contribution in [0.25, 0.3) is 84.9 Å². The first-order chi connectivity index (χ1) is 23.7. The van der Waals surface area contributed by atoms with Crippen LogP contribution in [0.3, 0.4) is 0 Å². The van der Waals surface area contributed by atoms with Crippen LogP contribution in [-0.2, 0) is 0 Å². The zero-order valence-electron chi connectivity index (χ0n) is 25.6. The van der Waals surface area contributed by atoms with Crippen LogP contribution in [0.15, 0.2) is 146 Å². The van der Waals surface area contributed by atoms with Gasteiger partial charge in [-0.15, -0.1) is 22.7 Å². The smallest absolute Gasteiger partial charge is 0.0998 e. The normalized spacial score (nSPS) is 11.3. The van der Waals surface area contributed by atoms with Crippen LogP contribution in [0, 0.1) is 22.7 Å². The predicted octanol–water partition coefficient (Wildman–Crippen LogP) is 12.8. The van der Waals surface area contributed by atoms with Gasteiger partial charge in [0.1, 0.15) is 0 Å². The van der Waals surface area contributed by atoms with Crippen molar-refractivity contribution < 1.29 is 0 Å². The minimum atomic E-state index is 0.641. The monoisotopic (exact) mass is 644 g/mol. The lowest BCUT2D eigenvalue weighted by molar-refractivity contribution is 1.47. The third-order valence-electron chi connectivity index (χ3n) is 9.13. The summed E-state index contributed by atoms with van der Waals surface area (Å²) in [4.78, 5) is 0. The first-order valence-corrected chi connectivity index (χ1v) is 17.3. The second-order valence-electron chi connectivity index (χ2n) is 11.9. The number of nitrogens with zero attached hydrogens (tertiary/aromatic N) is 2. The van der Waals surface area contributed by atoms with E-state index in [1.807, 2.05) is 59.9 Å². The van der Waals surface area contributed by atoms with E-state index in [1.54, 1.807) is 11.3 Å². The molecule has 2 aromatic heterocycles. The van der Waals surface area contributed by atoms with Crippen molar-refractivity contribution >= 4 is 63.0 Å². The molecule has 0 N–H and O–H groups in total. The zero-order valence-corrected chi connectivity index (χ0v) is 27.2. The van der Waals surface area contributed by atoms with E-state index in [1.165, 1.54) is 29.6 Å². The van der Waals surface area contributed by atoms with Gasteiger partial charge in [-0.05, 0) is 112 Å². The summed E-state index contributed by atoms with van der Waals surface area (Å²) in [5.74, 6) is 0. The van der Waals surface area contributed by atoms with Gasteiger partial charge >= 0.3 is 0 Å². The Kier molecular flexibility index (Phi) is 6.66. The summed E-state index contributed by atoms with van der Waals surface area (Å²) < 4.78 is 4.91. The molecule has 222 valence electrons. The molecule has 0 unspecified atom stereocenters. The molecule has 2 heterocycles. The molecule has 0 saturated carbocycles. The molecule has 0 radical (unpaired) electrons. The predicted molar refractivity (Wildman–Crippen MR) is 203 cm³/mol. The van der Waals surface area contributed by atoms with Gasteiger partial charge in [-0.3, -0.25) is 0 Å². The van der Waals surface area contributed by atoms with Gasteiger partial charge in [0.15, 0.2) is 0 Å². The van der Waals surface area contributed by atoms with Crippen LogP contribution in [-0.4, -0.2) is 0 Å². The highest BCUT2D eigenvalue weighted by atomic mass is 32.1. The quantitative estimate of drug-likeness (QED) is 0.191. The zero-order chi connectivity index (χ0) is 32.2.